The molecule has 4 heteroatoms. The van der Waals surface area contributed by atoms with Crippen LogP contribution in [0.25, 0.3) is 0 Å². The number of thiophene rings is 1. The van der Waals surface area contributed by atoms with Gasteiger partial charge in [-0.1, -0.05) is 29.8 Å². The Hall–Kier alpha value is -1.03. The molecule has 90 valence electrons. The Balaban J connectivity index is 1.84. The summed E-state index contributed by atoms with van der Waals surface area (Å²) < 4.78 is 5.47. The van der Waals surface area contributed by atoms with Crippen molar-refractivity contribution in [2.45, 2.75) is 12.5 Å². The monoisotopic (exact) mass is 268 g/mol. The van der Waals surface area contributed by atoms with Gasteiger partial charge in [0.15, 0.2) is 0 Å². The van der Waals surface area contributed by atoms with Crippen LogP contribution in [0.5, 0.6) is 5.75 Å². The largest absolute Gasteiger partial charge is 0.489 e. The van der Waals surface area contributed by atoms with E-state index in [0.29, 0.717) is 17.2 Å². The Bertz CT molecular complexity index is 456. The maximum absolute atomic E-state index is 9.81. The zero-order valence-electron chi connectivity index (χ0n) is 9.17. The van der Waals surface area contributed by atoms with Crippen molar-refractivity contribution in [3.05, 3.63) is 51.7 Å². The van der Waals surface area contributed by atoms with Gasteiger partial charge in [-0.3, -0.25) is 0 Å². The van der Waals surface area contributed by atoms with Gasteiger partial charge in [0.1, 0.15) is 12.4 Å². The molecule has 0 spiro atoms. The molecule has 0 bridgehead atoms. The molecule has 0 saturated heterocycles. The zero-order chi connectivity index (χ0) is 12.1. The Labute approximate surface area is 109 Å². The van der Waals surface area contributed by atoms with Crippen molar-refractivity contribution < 1.29 is 9.84 Å². The maximum Gasteiger partial charge on any atom is 0.138 e. The van der Waals surface area contributed by atoms with Crippen LogP contribution in [0.2, 0.25) is 5.02 Å². The molecule has 0 amide bonds. The van der Waals surface area contributed by atoms with E-state index in [4.69, 9.17) is 16.3 Å². The molecule has 0 saturated carbocycles. The minimum Gasteiger partial charge on any atom is -0.489 e. The number of para-hydroxylation sites is 1. The van der Waals surface area contributed by atoms with Gasteiger partial charge in [-0.15, -0.1) is 11.3 Å². The number of ether oxygens (including phenoxy) is 1. The van der Waals surface area contributed by atoms with E-state index >= 15 is 0 Å². The minimum absolute atomic E-state index is 0.252. The Morgan fingerprint density at radius 3 is 2.76 bits per heavy atom. The fraction of sp³-hybridized carbons (Fsp3) is 0.231. The number of benzene rings is 1. The van der Waals surface area contributed by atoms with Crippen LogP contribution in [0.15, 0.2) is 41.8 Å². The third kappa shape index (κ3) is 3.73. The normalized spacial score (nSPS) is 12.4. The molecule has 0 radical (unpaired) electrons. The minimum atomic E-state index is -0.509. The molecule has 1 heterocycles. The summed E-state index contributed by atoms with van der Waals surface area (Å²) in [6.45, 7) is 0.252. The number of rotatable bonds is 5. The predicted octanol–water partition coefficient (Wildman–Crippen LogP) is 3.38. The van der Waals surface area contributed by atoms with E-state index in [-0.39, 0.29) is 6.61 Å². The topological polar surface area (TPSA) is 29.5 Å². The first-order valence-corrected chi connectivity index (χ1v) is 6.59. The van der Waals surface area contributed by atoms with Crippen LogP contribution in [-0.4, -0.2) is 17.8 Å². The third-order valence-electron chi connectivity index (χ3n) is 2.28. The first-order valence-electron chi connectivity index (χ1n) is 5.33. The number of hydrogen-bond acceptors (Lipinski definition) is 3. The molecule has 0 fully saturated rings. The first-order chi connectivity index (χ1) is 8.25. The Kier molecular flexibility index (Phi) is 4.42. The van der Waals surface area contributed by atoms with E-state index in [2.05, 4.69) is 0 Å². The lowest BCUT2D eigenvalue weighted by molar-refractivity contribution is 0.108. The summed E-state index contributed by atoms with van der Waals surface area (Å²) in [6.07, 6.45) is 0.104. The number of aliphatic hydroxyl groups is 1. The van der Waals surface area contributed by atoms with Crippen molar-refractivity contribution in [1.82, 2.24) is 0 Å². The summed E-state index contributed by atoms with van der Waals surface area (Å²) in [4.78, 5) is 1.15. The summed E-state index contributed by atoms with van der Waals surface area (Å²) in [7, 11) is 0. The van der Waals surface area contributed by atoms with E-state index in [1.54, 1.807) is 23.5 Å². The number of halogens is 1. The summed E-state index contributed by atoms with van der Waals surface area (Å²) >= 11 is 7.58. The highest BCUT2D eigenvalue weighted by molar-refractivity contribution is 7.09. The molecule has 1 unspecified atom stereocenters. The van der Waals surface area contributed by atoms with Crippen LogP contribution in [0, 0.1) is 0 Å². The van der Waals surface area contributed by atoms with Crippen LogP contribution >= 0.6 is 22.9 Å². The lowest BCUT2D eigenvalue weighted by atomic mass is 10.2. The third-order valence-corrected chi connectivity index (χ3v) is 3.50. The average Bonchev–Trinajstić information content (AvgIpc) is 2.81. The Morgan fingerprint density at radius 1 is 1.24 bits per heavy atom. The molecule has 1 aromatic carbocycles. The molecular formula is C13H13ClO2S. The highest BCUT2D eigenvalue weighted by atomic mass is 35.5. The van der Waals surface area contributed by atoms with Crippen molar-refractivity contribution in [3.63, 3.8) is 0 Å². The van der Waals surface area contributed by atoms with Crippen LogP contribution < -0.4 is 4.74 Å². The smallest absolute Gasteiger partial charge is 0.138 e. The molecule has 2 rings (SSSR count). The molecule has 1 aromatic heterocycles. The van der Waals surface area contributed by atoms with Crippen LogP contribution in [0.4, 0.5) is 0 Å². The molecule has 0 aliphatic rings. The van der Waals surface area contributed by atoms with Crippen LogP contribution in [-0.2, 0) is 6.42 Å². The second-order valence-electron chi connectivity index (χ2n) is 3.68. The second-order valence-corrected chi connectivity index (χ2v) is 5.12. The summed E-state index contributed by atoms with van der Waals surface area (Å²) in [5.74, 6) is 0.611. The van der Waals surface area contributed by atoms with E-state index in [9.17, 15) is 5.11 Å². The molecule has 1 N–H and O–H groups in total. The summed E-state index contributed by atoms with van der Waals surface area (Å²) in [5.41, 5.74) is 0. The van der Waals surface area contributed by atoms with Crippen molar-refractivity contribution in [1.29, 1.82) is 0 Å². The average molecular weight is 269 g/mol. The SMILES string of the molecule is OC(COc1ccccc1Cl)Cc1cccs1. The predicted molar refractivity (Wildman–Crippen MR) is 71.0 cm³/mol. The molecule has 2 aromatic rings. The highest BCUT2D eigenvalue weighted by Crippen LogP contribution is 2.23. The Morgan fingerprint density at radius 2 is 2.06 bits per heavy atom. The van der Waals surface area contributed by atoms with Crippen molar-refractivity contribution in [2.75, 3.05) is 6.61 Å². The molecule has 0 aliphatic heterocycles. The standard InChI is InChI=1S/C13H13ClO2S/c14-12-5-1-2-6-13(12)16-9-10(15)8-11-4-3-7-17-11/h1-7,10,15H,8-9H2. The van der Waals surface area contributed by atoms with Gasteiger partial charge in [-0.25, -0.2) is 0 Å². The summed E-state index contributed by atoms with van der Waals surface area (Å²) in [6, 6.07) is 11.2. The van der Waals surface area contributed by atoms with Crippen LogP contribution in [0.3, 0.4) is 0 Å². The fourth-order valence-electron chi connectivity index (χ4n) is 1.47. The molecule has 1 atom stereocenters. The van der Waals surface area contributed by atoms with E-state index < -0.39 is 6.10 Å². The lowest BCUT2D eigenvalue weighted by Gasteiger charge is -2.12. The van der Waals surface area contributed by atoms with Gasteiger partial charge in [-0.05, 0) is 23.6 Å². The van der Waals surface area contributed by atoms with Crippen molar-refractivity contribution in [3.8, 4) is 5.75 Å². The highest BCUT2D eigenvalue weighted by Gasteiger charge is 2.08. The van der Waals surface area contributed by atoms with E-state index in [0.717, 1.165) is 4.88 Å². The van der Waals surface area contributed by atoms with Crippen molar-refractivity contribution in [2.24, 2.45) is 0 Å². The number of hydrogen-bond donors (Lipinski definition) is 1. The van der Waals surface area contributed by atoms with E-state index in [1.807, 2.05) is 29.6 Å². The maximum atomic E-state index is 9.81. The zero-order valence-corrected chi connectivity index (χ0v) is 10.7. The molecule has 17 heavy (non-hydrogen) atoms. The molecular weight excluding hydrogens is 256 g/mol. The molecule has 2 nitrogen and oxygen atoms in total. The van der Waals surface area contributed by atoms with Gasteiger partial charge in [0.25, 0.3) is 0 Å². The first kappa shape index (κ1) is 12.4. The van der Waals surface area contributed by atoms with Gasteiger partial charge in [0.05, 0.1) is 11.1 Å². The van der Waals surface area contributed by atoms with Gasteiger partial charge in [0.2, 0.25) is 0 Å². The van der Waals surface area contributed by atoms with E-state index in [1.165, 1.54) is 0 Å². The fourth-order valence-corrected chi connectivity index (χ4v) is 2.44. The second kappa shape index (κ2) is 6.05. The quantitative estimate of drug-likeness (QED) is 0.901. The van der Waals surface area contributed by atoms with Gasteiger partial charge in [0, 0.05) is 11.3 Å². The van der Waals surface area contributed by atoms with Gasteiger partial charge < -0.3 is 9.84 Å². The van der Waals surface area contributed by atoms with Crippen LogP contribution in [0.1, 0.15) is 4.88 Å². The van der Waals surface area contributed by atoms with Crippen molar-refractivity contribution >= 4 is 22.9 Å². The molecule has 0 aliphatic carbocycles. The summed E-state index contributed by atoms with van der Waals surface area (Å²) in [5, 5.41) is 12.4. The van der Waals surface area contributed by atoms with Gasteiger partial charge in [-0.2, -0.15) is 0 Å². The number of aliphatic hydroxyl groups excluding tert-OH is 1. The lowest BCUT2D eigenvalue weighted by Crippen LogP contribution is -2.19. The van der Waals surface area contributed by atoms with Gasteiger partial charge >= 0.3 is 0 Å².